The third-order valence-corrected chi connectivity index (χ3v) is 3.92. The maximum atomic E-state index is 13.8. The lowest BCUT2D eigenvalue weighted by atomic mass is 10.1. The van der Waals surface area contributed by atoms with Crippen molar-refractivity contribution < 1.29 is 27.9 Å². The van der Waals surface area contributed by atoms with Crippen molar-refractivity contribution in [2.75, 3.05) is 19.0 Å². The van der Waals surface area contributed by atoms with Crippen LogP contribution in [0.4, 0.5) is 10.1 Å². The van der Waals surface area contributed by atoms with Crippen LogP contribution in [-0.4, -0.2) is 31.4 Å². The molecule has 7 nitrogen and oxygen atoms in total. The Hall–Kier alpha value is -3.94. The third-order valence-electron chi connectivity index (χ3n) is 3.92. The van der Waals surface area contributed by atoms with E-state index in [1.54, 1.807) is 30.3 Å². The van der Waals surface area contributed by atoms with Crippen molar-refractivity contribution in [3.05, 3.63) is 77.8 Å². The molecule has 148 valence electrons. The number of benzene rings is 2. The number of furan rings is 1. The fourth-order valence-corrected chi connectivity index (χ4v) is 2.54. The Labute approximate surface area is 165 Å². The monoisotopic (exact) mass is 396 g/mol. The first-order valence-electron chi connectivity index (χ1n) is 8.62. The molecular formula is C21H17FN2O5. The Morgan fingerprint density at radius 3 is 2.59 bits per heavy atom. The van der Waals surface area contributed by atoms with E-state index in [1.807, 2.05) is 0 Å². The number of amides is 2. The minimum Gasteiger partial charge on any atom is -0.450 e. The topological polar surface area (TPSA) is 97.6 Å². The van der Waals surface area contributed by atoms with Crippen LogP contribution in [0, 0.1) is 5.82 Å². The minimum absolute atomic E-state index is 0.155. The van der Waals surface area contributed by atoms with Gasteiger partial charge in [-0.3, -0.25) is 9.59 Å². The number of esters is 1. The Bertz CT molecular complexity index is 1060. The standard InChI is InChI=1S/C21H17FN2O5/c1-23-20(26)13-5-4-6-14(11-13)24-19(25)12-28-21(27)18-10-9-17(29-18)15-7-2-3-8-16(15)22/h2-11H,12H2,1H3,(H,23,26)(H,24,25). The van der Waals surface area contributed by atoms with Crippen molar-refractivity contribution >= 4 is 23.5 Å². The Morgan fingerprint density at radius 1 is 1.03 bits per heavy atom. The van der Waals surface area contributed by atoms with E-state index in [9.17, 15) is 18.8 Å². The highest BCUT2D eigenvalue weighted by atomic mass is 19.1. The summed E-state index contributed by atoms with van der Waals surface area (Å²) >= 11 is 0. The average Bonchev–Trinajstić information content (AvgIpc) is 3.22. The van der Waals surface area contributed by atoms with Crippen LogP contribution in [0.1, 0.15) is 20.9 Å². The number of hydrogen-bond donors (Lipinski definition) is 2. The van der Waals surface area contributed by atoms with E-state index in [1.165, 1.54) is 37.4 Å². The molecule has 0 bridgehead atoms. The van der Waals surface area contributed by atoms with Crippen LogP contribution in [-0.2, 0) is 9.53 Å². The van der Waals surface area contributed by atoms with Gasteiger partial charge in [0.05, 0.1) is 5.56 Å². The zero-order valence-corrected chi connectivity index (χ0v) is 15.4. The van der Waals surface area contributed by atoms with Gasteiger partial charge in [0.1, 0.15) is 11.6 Å². The highest BCUT2D eigenvalue weighted by Gasteiger charge is 2.17. The summed E-state index contributed by atoms with van der Waals surface area (Å²) < 4.78 is 24.0. The van der Waals surface area contributed by atoms with Crippen LogP contribution in [0.5, 0.6) is 0 Å². The first-order valence-corrected chi connectivity index (χ1v) is 8.62. The van der Waals surface area contributed by atoms with Crippen LogP contribution >= 0.6 is 0 Å². The summed E-state index contributed by atoms with van der Waals surface area (Å²) in [5, 5.41) is 5.01. The molecule has 0 saturated heterocycles. The SMILES string of the molecule is CNC(=O)c1cccc(NC(=O)COC(=O)c2ccc(-c3ccccc3F)o2)c1. The smallest absolute Gasteiger partial charge is 0.374 e. The van der Waals surface area contributed by atoms with E-state index in [0.29, 0.717) is 11.3 Å². The van der Waals surface area contributed by atoms with E-state index in [0.717, 1.165) is 0 Å². The molecule has 0 aliphatic carbocycles. The predicted octanol–water partition coefficient (Wildman–Crippen LogP) is 3.24. The molecule has 0 spiro atoms. The number of nitrogens with one attached hydrogen (secondary N) is 2. The van der Waals surface area contributed by atoms with Crippen molar-refractivity contribution in [3.8, 4) is 11.3 Å². The molecule has 29 heavy (non-hydrogen) atoms. The second-order valence-electron chi connectivity index (χ2n) is 5.93. The predicted molar refractivity (Wildman–Crippen MR) is 103 cm³/mol. The van der Waals surface area contributed by atoms with Crippen molar-refractivity contribution in [3.63, 3.8) is 0 Å². The highest BCUT2D eigenvalue weighted by Crippen LogP contribution is 2.25. The number of ether oxygens (including phenoxy) is 1. The summed E-state index contributed by atoms with van der Waals surface area (Å²) in [5.41, 5.74) is 0.964. The van der Waals surface area contributed by atoms with Crippen LogP contribution < -0.4 is 10.6 Å². The number of halogens is 1. The van der Waals surface area contributed by atoms with Crippen LogP contribution in [0.3, 0.4) is 0 Å². The lowest BCUT2D eigenvalue weighted by Gasteiger charge is -2.07. The zero-order chi connectivity index (χ0) is 20.8. The zero-order valence-electron chi connectivity index (χ0n) is 15.4. The van der Waals surface area contributed by atoms with Crippen LogP contribution in [0.2, 0.25) is 0 Å². The molecule has 0 aliphatic heterocycles. The molecule has 2 N–H and O–H groups in total. The quantitative estimate of drug-likeness (QED) is 0.624. The molecular weight excluding hydrogens is 379 g/mol. The van der Waals surface area contributed by atoms with Crippen molar-refractivity contribution in [2.45, 2.75) is 0 Å². The van der Waals surface area contributed by atoms with Gasteiger partial charge in [-0.2, -0.15) is 0 Å². The van der Waals surface area contributed by atoms with Gasteiger partial charge in [-0.1, -0.05) is 18.2 Å². The van der Waals surface area contributed by atoms with Gasteiger partial charge in [0.15, 0.2) is 6.61 Å². The molecule has 1 aromatic heterocycles. The molecule has 0 atom stereocenters. The molecule has 2 aromatic carbocycles. The van der Waals surface area contributed by atoms with Crippen LogP contribution in [0.25, 0.3) is 11.3 Å². The molecule has 1 heterocycles. The van der Waals surface area contributed by atoms with E-state index < -0.39 is 24.3 Å². The number of anilines is 1. The second-order valence-corrected chi connectivity index (χ2v) is 5.93. The van der Waals surface area contributed by atoms with E-state index >= 15 is 0 Å². The molecule has 0 unspecified atom stereocenters. The van der Waals surface area contributed by atoms with Crippen molar-refractivity contribution in [2.24, 2.45) is 0 Å². The van der Waals surface area contributed by atoms with Gasteiger partial charge in [0.2, 0.25) is 5.76 Å². The van der Waals surface area contributed by atoms with Crippen LogP contribution in [0.15, 0.2) is 65.1 Å². The first-order chi connectivity index (χ1) is 14.0. The third kappa shape index (κ3) is 4.86. The van der Waals surface area contributed by atoms with Gasteiger partial charge in [-0.15, -0.1) is 0 Å². The Kier molecular flexibility index (Phi) is 6.03. The van der Waals surface area contributed by atoms with E-state index in [2.05, 4.69) is 10.6 Å². The molecule has 0 fully saturated rings. The summed E-state index contributed by atoms with van der Waals surface area (Å²) in [6.07, 6.45) is 0. The number of rotatable bonds is 6. The van der Waals surface area contributed by atoms with Crippen molar-refractivity contribution in [1.29, 1.82) is 0 Å². The molecule has 3 rings (SSSR count). The Morgan fingerprint density at radius 2 is 1.83 bits per heavy atom. The summed E-state index contributed by atoms with van der Waals surface area (Å²) in [6, 6.07) is 15.1. The van der Waals surface area contributed by atoms with Crippen molar-refractivity contribution in [1.82, 2.24) is 5.32 Å². The maximum absolute atomic E-state index is 13.8. The lowest BCUT2D eigenvalue weighted by Crippen LogP contribution is -2.21. The summed E-state index contributed by atoms with van der Waals surface area (Å²) in [5.74, 6) is -2.21. The molecule has 0 aliphatic rings. The summed E-state index contributed by atoms with van der Waals surface area (Å²) in [6.45, 7) is -0.557. The maximum Gasteiger partial charge on any atom is 0.374 e. The van der Waals surface area contributed by atoms with Gasteiger partial charge in [-0.05, 0) is 42.5 Å². The number of hydrogen-bond acceptors (Lipinski definition) is 5. The first kappa shape index (κ1) is 19.8. The highest BCUT2D eigenvalue weighted by molar-refractivity contribution is 5.98. The Balaban J connectivity index is 1.58. The minimum atomic E-state index is -0.859. The number of carbonyl (C=O) groups excluding carboxylic acids is 3. The van der Waals surface area contributed by atoms with Gasteiger partial charge in [0.25, 0.3) is 11.8 Å². The molecule has 0 radical (unpaired) electrons. The number of carbonyl (C=O) groups is 3. The van der Waals surface area contributed by atoms with Gasteiger partial charge < -0.3 is 19.8 Å². The van der Waals surface area contributed by atoms with E-state index in [-0.39, 0.29) is 23.0 Å². The summed E-state index contributed by atoms with van der Waals surface area (Å²) in [4.78, 5) is 35.7. The summed E-state index contributed by atoms with van der Waals surface area (Å²) in [7, 11) is 1.50. The molecule has 3 aromatic rings. The normalized spacial score (nSPS) is 10.3. The average molecular weight is 396 g/mol. The lowest BCUT2D eigenvalue weighted by molar-refractivity contribution is -0.119. The van der Waals surface area contributed by atoms with Gasteiger partial charge >= 0.3 is 5.97 Å². The molecule has 0 saturated carbocycles. The largest absolute Gasteiger partial charge is 0.450 e. The van der Waals surface area contributed by atoms with Gasteiger partial charge in [0, 0.05) is 18.3 Å². The fraction of sp³-hybridized carbons (Fsp3) is 0.0952. The molecule has 2 amide bonds. The van der Waals surface area contributed by atoms with E-state index in [4.69, 9.17) is 9.15 Å². The second kappa shape index (κ2) is 8.83. The van der Waals surface area contributed by atoms with Gasteiger partial charge in [-0.25, -0.2) is 9.18 Å². The fourth-order valence-electron chi connectivity index (χ4n) is 2.54. The molecule has 8 heteroatoms.